The standard InChI is InChI=1S/C16H26O2Si/c1-4-10-16(15-11-8-7-9-12-15)19(17-13-5-2)18-14-6-3/h7-12,19H,4-6,13-14H2,1-3H3. The van der Waals surface area contributed by atoms with Crippen LogP contribution in [-0.2, 0) is 8.85 Å². The molecule has 1 aromatic carbocycles. The fraction of sp³-hybridized carbons (Fsp3) is 0.500. The van der Waals surface area contributed by atoms with Crippen LogP contribution >= 0.6 is 0 Å². The summed E-state index contributed by atoms with van der Waals surface area (Å²) in [5.41, 5.74) is 1.24. The van der Waals surface area contributed by atoms with Crippen LogP contribution in [0, 0.1) is 0 Å². The number of rotatable bonds is 9. The molecule has 0 radical (unpaired) electrons. The van der Waals surface area contributed by atoms with Crippen molar-refractivity contribution in [2.75, 3.05) is 13.2 Å². The summed E-state index contributed by atoms with van der Waals surface area (Å²) in [6.45, 7) is 8.00. The predicted octanol–water partition coefficient (Wildman–Crippen LogP) is 4.09. The number of hydrogen-bond acceptors (Lipinski definition) is 2. The second-order valence-corrected chi connectivity index (χ2v) is 6.46. The smallest absolute Gasteiger partial charge is 0.356 e. The topological polar surface area (TPSA) is 18.5 Å². The van der Waals surface area contributed by atoms with Gasteiger partial charge in [0, 0.05) is 13.2 Å². The Bertz CT molecular complexity index is 354. The molecule has 0 aliphatic rings. The maximum absolute atomic E-state index is 6.01. The van der Waals surface area contributed by atoms with Crippen molar-refractivity contribution in [3.63, 3.8) is 0 Å². The van der Waals surface area contributed by atoms with E-state index in [1.807, 2.05) is 6.07 Å². The molecule has 0 aliphatic heterocycles. The molecule has 0 saturated carbocycles. The molecule has 0 saturated heterocycles. The molecule has 0 aromatic heterocycles. The van der Waals surface area contributed by atoms with Crippen molar-refractivity contribution in [1.29, 1.82) is 0 Å². The summed E-state index contributed by atoms with van der Waals surface area (Å²) in [6, 6.07) is 10.5. The van der Waals surface area contributed by atoms with Crippen LogP contribution in [0.4, 0.5) is 0 Å². The van der Waals surface area contributed by atoms with E-state index >= 15 is 0 Å². The number of hydrogen-bond donors (Lipinski definition) is 0. The fourth-order valence-electron chi connectivity index (χ4n) is 1.88. The Labute approximate surface area is 119 Å². The predicted molar refractivity (Wildman–Crippen MR) is 84.3 cm³/mol. The van der Waals surface area contributed by atoms with E-state index in [0.29, 0.717) is 0 Å². The summed E-state index contributed by atoms with van der Waals surface area (Å²) in [5, 5.41) is 1.28. The molecule has 0 N–H and O–H groups in total. The van der Waals surface area contributed by atoms with Gasteiger partial charge in [0.25, 0.3) is 0 Å². The molecule has 0 unspecified atom stereocenters. The largest absolute Gasteiger partial charge is 0.393 e. The molecule has 0 bridgehead atoms. The molecule has 0 fully saturated rings. The van der Waals surface area contributed by atoms with E-state index < -0.39 is 9.28 Å². The molecule has 0 spiro atoms. The van der Waals surface area contributed by atoms with E-state index in [4.69, 9.17) is 8.85 Å². The van der Waals surface area contributed by atoms with Gasteiger partial charge in [-0.3, -0.25) is 0 Å². The highest BCUT2D eigenvalue weighted by atomic mass is 28.3. The van der Waals surface area contributed by atoms with Crippen molar-refractivity contribution in [3.8, 4) is 0 Å². The normalized spacial score (nSPS) is 12.1. The average Bonchev–Trinajstić information content (AvgIpc) is 2.46. The fourth-order valence-corrected chi connectivity index (χ4v) is 4.13. The Morgan fingerprint density at radius 2 is 1.58 bits per heavy atom. The molecule has 1 rings (SSSR count). The third-order valence-corrected chi connectivity index (χ3v) is 4.89. The lowest BCUT2D eigenvalue weighted by molar-refractivity contribution is 0.208. The Balaban J connectivity index is 2.88. The minimum atomic E-state index is -1.77. The van der Waals surface area contributed by atoms with Crippen LogP contribution in [0.15, 0.2) is 36.4 Å². The molecular formula is C16H26O2Si. The van der Waals surface area contributed by atoms with Crippen molar-refractivity contribution in [2.45, 2.75) is 40.0 Å². The highest BCUT2D eigenvalue weighted by Crippen LogP contribution is 2.20. The minimum absolute atomic E-state index is 0.786. The van der Waals surface area contributed by atoms with Gasteiger partial charge in [-0.25, -0.2) is 0 Å². The van der Waals surface area contributed by atoms with Crippen molar-refractivity contribution in [3.05, 3.63) is 42.0 Å². The van der Waals surface area contributed by atoms with E-state index in [1.54, 1.807) is 0 Å². The number of benzene rings is 1. The van der Waals surface area contributed by atoms with E-state index in [1.165, 1.54) is 10.8 Å². The Kier molecular flexibility index (Phi) is 8.46. The first-order chi connectivity index (χ1) is 9.33. The lowest BCUT2D eigenvalue weighted by atomic mass is 10.2. The van der Waals surface area contributed by atoms with Crippen LogP contribution in [0.3, 0.4) is 0 Å². The maximum Gasteiger partial charge on any atom is 0.356 e. The highest BCUT2D eigenvalue weighted by Gasteiger charge is 2.20. The second-order valence-electron chi connectivity index (χ2n) is 4.51. The van der Waals surface area contributed by atoms with Gasteiger partial charge in [0.05, 0.1) is 0 Å². The summed E-state index contributed by atoms with van der Waals surface area (Å²) in [6.07, 6.45) is 5.34. The van der Waals surface area contributed by atoms with Crippen LogP contribution in [0.25, 0.3) is 5.20 Å². The van der Waals surface area contributed by atoms with Crippen LogP contribution in [0.5, 0.6) is 0 Å². The van der Waals surface area contributed by atoms with Crippen LogP contribution < -0.4 is 0 Å². The molecule has 0 aliphatic carbocycles. The highest BCUT2D eigenvalue weighted by molar-refractivity contribution is 6.68. The summed E-state index contributed by atoms with van der Waals surface area (Å²) < 4.78 is 12.0. The zero-order valence-electron chi connectivity index (χ0n) is 12.4. The summed E-state index contributed by atoms with van der Waals surface area (Å²) in [5.74, 6) is 0. The Morgan fingerprint density at radius 1 is 1.00 bits per heavy atom. The van der Waals surface area contributed by atoms with Gasteiger partial charge < -0.3 is 8.85 Å². The average molecular weight is 278 g/mol. The second kappa shape index (κ2) is 9.95. The zero-order chi connectivity index (χ0) is 13.9. The van der Waals surface area contributed by atoms with Crippen molar-refractivity contribution < 1.29 is 8.85 Å². The van der Waals surface area contributed by atoms with E-state index in [2.05, 4.69) is 51.1 Å². The molecule has 0 heterocycles. The number of allylic oxidation sites excluding steroid dienone is 1. The van der Waals surface area contributed by atoms with Crippen LogP contribution in [0.1, 0.15) is 45.6 Å². The molecule has 1 aromatic rings. The molecule has 19 heavy (non-hydrogen) atoms. The molecule has 0 atom stereocenters. The van der Waals surface area contributed by atoms with Gasteiger partial charge in [-0.05, 0) is 30.0 Å². The molecule has 3 heteroatoms. The summed E-state index contributed by atoms with van der Waals surface area (Å²) in [4.78, 5) is 0. The minimum Gasteiger partial charge on any atom is -0.393 e. The quantitative estimate of drug-likeness (QED) is 0.633. The van der Waals surface area contributed by atoms with Gasteiger partial charge in [-0.1, -0.05) is 57.2 Å². The first-order valence-corrected chi connectivity index (χ1v) is 8.84. The van der Waals surface area contributed by atoms with Crippen LogP contribution in [-0.4, -0.2) is 22.5 Å². The maximum atomic E-state index is 6.01. The first kappa shape index (κ1) is 16.2. The third kappa shape index (κ3) is 5.72. The molecule has 2 nitrogen and oxygen atoms in total. The lowest BCUT2D eigenvalue weighted by Gasteiger charge is -2.19. The van der Waals surface area contributed by atoms with Crippen LogP contribution in [0.2, 0.25) is 0 Å². The van der Waals surface area contributed by atoms with E-state index in [9.17, 15) is 0 Å². The third-order valence-electron chi connectivity index (χ3n) is 2.73. The van der Waals surface area contributed by atoms with Gasteiger partial charge in [-0.2, -0.15) is 0 Å². The molecular weight excluding hydrogens is 252 g/mol. The van der Waals surface area contributed by atoms with Gasteiger partial charge in [0.2, 0.25) is 0 Å². The molecule has 106 valence electrons. The van der Waals surface area contributed by atoms with E-state index in [-0.39, 0.29) is 0 Å². The van der Waals surface area contributed by atoms with Crippen molar-refractivity contribution in [2.24, 2.45) is 0 Å². The zero-order valence-corrected chi connectivity index (χ0v) is 13.5. The van der Waals surface area contributed by atoms with Gasteiger partial charge in [0.15, 0.2) is 0 Å². The van der Waals surface area contributed by atoms with E-state index in [0.717, 1.165) is 32.5 Å². The Hall–Kier alpha value is -0.903. The molecule has 0 amide bonds. The first-order valence-electron chi connectivity index (χ1n) is 7.32. The monoisotopic (exact) mass is 278 g/mol. The summed E-state index contributed by atoms with van der Waals surface area (Å²) in [7, 11) is -1.77. The van der Waals surface area contributed by atoms with Crippen molar-refractivity contribution >= 4 is 14.5 Å². The van der Waals surface area contributed by atoms with Gasteiger partial charge >= 0.3 is 9.28 Å². The van der Waals surface area contributed by atoms with Gasteiger partial charge in [0.1, 0.15) is 0 Å². The van der Waals surface area contributed by atoms with Crippen molar-refractivity contribution in [1.82, 2.24) is 0 Å². The Morgan fingerprint density at radius 3 is 2.05 bits per heavy atom. The van der Waals surface area contributed by atoms with Gasteiger partial charge in [-0.15, -0.1) is 0 Å². The lowest BCUT2D eigenvalue weighted by Crippen LogP contribution is -2.26. The summed E-state index contributed by atoms with van der Waals surface area (Å²) >= 11 is 0. The SMILES string of the molecule is CCC=C(c1ccccc1)[SiH](OCCC)OCCC.